The highest BCUT2D eigenvalue weighted by molar-refractivity contribution is 5.85. The molecule has 0 aliphatic carbocycles. The molecule has 5 heteroatoms. The molecule has 120 valence electrons. The number of likely N-dealkylation sites (tertiary alicyclic amines) is 1. The number of benzene rings is 1. The van der Waals surface area contributed by atoms with Gasteiger partial charge in [0.05, 0.1) is 12.5 Å². The minimum absolute atomic E-state index is 0. The SMILES string of the molecule is Cl.O=C(C1CCOc2ccccc21)N1CCC2(CCNC2)C1. The lowest BCUT2D eigenvalue weighted by atomic mass is 9.86. The summed E-state index contributed by atoms with van der Waals surface area (Å²) in [6.45, 7) is 4.66. The summed E-state index contributed by atoms with van der Waals surface area (Å²) in [6, 6.07) is 7.99. The molecule has 4 rings (SSSR count). The van der Waals surface area contributed by atoms with Crippen molar-refractivity contribution in [1.82, 2.24) is 10.2 Å². The van der Waals surface area contributed by atoms with Gasteiger partial charge in [0.15, 0.2) is 0 Å². The van der Waals surface area contributed by atoms with Gasteiger partial charge in [0.25, 0.3) is 0 Å². The van der Waals surface area contributed by atoms with Crippen LogP contribution in [0.4, 0.5) is 0 Å². The Labute approximate surface area is 137 Å². The maximum atomic E-state index is 13.0. The number of amides is 1. The van der Waals surface area contributed by atoms with Crippen molar-refractivity contribution < 1.29 is 9.53 Å². The van der Waals surface area contributed by atoms with E-state index in [9.17, 15) is 4.79 Å². The summed E-state index contributed by atoms with van der Waals surface area (Å²) in [7, 11) is 0. The normalized spacial score (nSPS) is 29.8. The third-order valence-electron chi connectivity index (χ3n) is 5.34. The van der Waals surface area contributed by atoms with Gasteiger partial charge in [-0.1, -0.05) is 18.2 Å². The van der Waals surface area contributed by atoms with Crippen molar-refractivity contribution in [3.63, 3.8) is 0 Å². The van der Waals surface area contributed by atoms with Gasteiger partial charge in [-0.05, 0) is 31.9 Å². The number of nitrogens with zero attached hydrogens (tertiary/aromatic N) is 1. The van der Waals surface area contributed by atoms with Crippen molar-refractivity contribution in [3.05, 3.63) is 29.8 Å². The van der Waals surface area contributed by atoms with Crippen LogP contribution in [0, 0.1) is 5.41 Å². The monoisotopic (exact) mass is 322 g/mol. The summed E-state index contributed by atoms with van der Waals surface area (Å²) in [5.41, 5.74) is 1.42. The van der Waals surface area contributed by atoms with E-state index < -0.39 is 0 Å². The predicted octanol–water partition coefficient (Wildman–Crippen LogP) is 2.19. The van der Waals surface area contributed by atoms with E-state index in [-0.39, 0.29) is 18.3 Å². The molecular weight excluding hydrogens is 300 g/mol. The van der Waals surface area contributed by atoms with Crippen molar-refractivity contribution >= 4 is 18.3 Å². The first kappa shape index (κ1) is 15.6. The molecule has 0 bridgehead atoms. The van der Waals surface area contributed by atoms with Crippen LogP contribution in [0.5, 0.6) is 5.75 Å². The molecule has 0 radical (unpaired) electrons. The Morgan fingerprint density at radius 2 is 2.18 bits per heavy atom. The van der Waals surface area contributed by atoms with Gasteiger partial charge in [0, 0.05) is 30.6 Å². The first-order valence-corrected chi connectivity index (χ1v) is 7.99. The van der Waals surface area contributed by atoms with Crippen molar-refractivity contribution in [1.29, 1.82) is 0 Å². The average Bonchev–Trinajstić information content (AvgIpc) is 3.17. The number of fused-ring (bicyclic) bond motifs is 1. The fourth-order valence-corrected chi connectivity index (χ4v) is 4.09. The first-order valence-electron chi connectivity index (χ1n) is 7.99. The Morgan fingerprint density at radius 1 is 1.32 bits per heavy atom. The fraction of sp³-hybridized carbons (Fsp3) is 0.588. The minimum Gasteiger partial charge on any atom is -0.493 e. The van der Waals surface area contributed by atoms with E-state index in [0.29, 0.717) is 17.9 Å². The molecule has 3 aliphatic rings. The van der Waals surface area contributed by atoms with Crippen molar-refractivity contribution in [2.45, 2.75) is 25.2 Å². The summed E-state index contributed by atoms with van der Waals surface area (Å²) < 4.78 is 5.68. The lowest BCUT2D eigenvalue weighted by Gasteiger charge is -2.29. The molecule has 4 nitrogen and oxygen atoms in total. The van der Waals surface area contributed by atoms with Gasteiger partial charge in [-0.2, -0.15) is 0 Å². The molecule has 2 unspecified atom stereocenters. The largest absolute Gasteiger partial charge is 0.493 e. The van der Waals surface area contributed by atoms with Crippen LogP contribution in [-0.2, 0) is 4.79 Å². The number of rotatable bonds is 1. The molecule has 2 saturated heterocycles. The van der Waals surface area contributed by atoms with Crippen LogP contribution in [0.3, 0.4) is 0 Å². The molecule has 1 N–H and O–H groups in total. The van der Waals surface area contributed by atoms with Crippen molar-refractivity contribution in [3.8, 4) is 5.75 Å². The number of halogens is 1. The van der Waals surface area contributed by atoms with Crippen LogP contribution in [0.15, 0.2) is 24.3 Å². The van der Waals surface area contributed by atoms with Crippen molar-refractivity contribution in [2.75, 3.05) is 32.8 Å². The van der Waals surface area contributed by atoms with Gasteiger partial charge in [-0.25, -0.2) is 0 Å². The summed E-state index contributed by atoms with van der Waals surface area (Å²) in [4.78, 5) is 15.1. The molecule has 0 saturated carbocycles. The smallest absolute Gasteiger partial charge is 0.230 e. The van der Waals surface area contributed by atoms with Crippen LogP contribution < -0.4 is 10.1 Å². The molecule has 3 heterocycles. The molecule has 0 aromatic heterocycles. The van der Waals surface area contributed by atoms with E-state index in [1.54, 1.807) is 0 Å². The number of hydrogen-bond acceptors (Lipinski definition) is 3. The molecule has 1 spiro atoms. The van der Waals surface area contributed by atoms with E-state index in [4.69, 9.17) is 4.74 Å². The van der Waals surface area contributed by atoms with Crippen LogP contribution in [0.2, 0.25) is 0 Å². The summed E-state index contributed by atoms with van der Waals surface area (Å²) in [5.74, 6) is 1.17. The quantitative estimate of drug-likeness (QED) is 0.861. The van der Waals surface area contributed by atoms with Crippen LogP contribution in [-0.4, -0.2) is 43.6 Å². The summed E-state index contributed by atoms with van der Waals surface area (Å²) >= 11 is 0. The van der Waals surface area contributed by atoms with E-state index in [0.717, 1.165) is 50.3 Å². The van der Waals surface area contributed by atoms with Gasteiger partial charge < -0.3 is 15.0 Å². The summed E-state index contributed by atoms with van der Waals surface area (Å²) in [6.07, 6.45) is 3.16. The Hall–Kier alpha value is -1.26. The van der Waals surface area contributed by atoms with Gasteiger partial charge >= 0.3 is 0 Å². The molecule has 1 aromatic rings. The van der Waals surface area contributed by atoms with Crippen molar-refractivity contribution in [2.24, 2.45) is 5.41 Å². The fourth-order valence-electron chi connectivity index (χ4n) is 4.09. The maximum absolute atomic E-state index is 13.0. The third-order valence-corrected chi connectivity index (χ3v) is 5.34. The zero-order valence-corrected chi connectivity index (χ0v) is 13.5. The molecule has 3 aliphatic heterocycles. The minimum atomic E-state index is -0.0144. The van der Waals surface area contributed by atoms with E-state index in [1.807, 2.05) is 24.3 Å². The number of ether oxygens (including phenoxy) is 1. The standard InChI is InChI=1S/C17H22N2O2.ClH/c20-16(19-9-7-17(12-19)6-8-18-11-17)14-5-10-21-15-4-2-1-3-13(14)15;/h1-4,14,18H,5-12H2;1H. The van der Waals surface area contributed by atoms with E-state index in [1.165, 1.54) is 6.42 Å². The summed E-state index contributed by atoms with van der Waals surface area (Å²) in [5, 5.41) is 3.45. The molecule has 1 amide bonds. The molecular formula is C17H23ClN2O2. The lowest BCUT2D eigenvalue weighted by Crippen LogP contribution is -2.37. The number of carbonyl (C=O) groups is 1. The van der Waals surface area contributed by atoms with Crippen LogP contribution in [0.25, 0.3) is 0 Å². The Kier molecular flexibility index (Phi) is 4.33. The van der Waals surface area contributed by atoms with Crippen LogP contribution in [0.1, 0.15) is 30.7 Å². The zero-order chi connectivity index (χ0) is 14.3. The molecule has 22 heavy (non-hydrogen) atoms. The number of para-hydroxylation sites is 1. The Bertz CT molecular complexity index is 557. The maximum Gasteiger partial charge on any atom is 0.230 e. The van der Waals surface area contributed by atoms with Gasteiger partial charge in [0.1, 0.15) is 5.75 Å². The second-order valence-electron chi connectivity index (χ2n) is 6.66. The third kappa shape index (κ3) is 2.59. The molecule has 1 aromatic carbocycles. The van der Waals surface area contributed by atoms with Crippen LogP contribution >= 0.6 is 12.4 Å². The Balaban J connectivity index is 0.00000144. The zero-order valence-electron chi connectivity index (χ0n) is 12.7. The second-order valence-corrected chi connectivity index (χ2v) is 6.66. The average molecular weight is 323 g/mol. The van der Waals surface area contributed by atoms with E-state index in [2.05, 4.69) is 10.2 Å². The lowest BCUT2D eigenvalue weighted by molar-refractivity contribution is -0.132. The molecule has 2 atom stereocenters. The van der Waals surface area contributed by atoms with Gasteiger partial charge in [-0.3, -0.25) is 4.79 Å². The van der Waals surface area contributed by atoms with E-state index >= 15 is 0 Å². The second kappa shape index (κ2) is 6.09. The molecule has 2 fully saturated rings. The van der Waals surface area contributed by atoms with Gasteiger partial charge in [-0.15, -0.1) is 12.4 Å². The number of carbonyl (C=O) groups excluding carboxylic acids is 1. The van der Waals surface area contributed by atoms with Gasteiger partial charge in [0.2, 0.25) is 5.91 Å². The number of nitrogens with one attached hydrogen (secondary N) is 1. The predicted molar refractivity (Wildman–Crippen MR) is 87.7 cm³/mol. The first-order chi connectivity index (χ1) is 10.3. The topological polar surface area (TPSA) is 41.6 Å². The Morgan fingerprint density at radius 3 is 3.00 bits per heavy atom. The highest BCUT2D eigenvalue weighted by Gasteiger charge is 2.43. The number of hydrogen-bond donors (Lipinski definition) is 1. The highest BCUT2D eigenvalue weighted by Crippen LogP contribution is 2.40. The highest BCUT2D eigenvalue weighted by atomic mass is 35.5.